The van der Waals surface area contributed by atoms with Crippen LogP contribution < -0.4 is 0 Å². The Hall–Kier alpha value is 0.506. The fourth-order valence-corrected chi connectivity index (χ4v) is 0. The van der Waals surface area contributed by atoms with Crippen LogP contribution in [0.2, 0.25) is 0 Å². The van der Waals surface area contributed by atoms with E-state index in [-0.39, 0.29) is 24.5 Å². The largest absolute Gasteiger partial charge is 0.100 e. The smallest absolute Gasteiger partial charge is 0 e. The van der Waals surface area contributed by atoms with Gasteiger partial charge in [0.1, 0.15) is 0 Å². The molecule has 1 heteroatoms. The molecule has 0 saturated heterocycles. The summed E-state index contributed by atoms with van der Waals surface area (Å²) in [6.07, 6.45) is 0. The first kappa shape index (κ1) is 9.09. The van der Waals surface area contributed by atoms with Gasteiger partial charge in [-0.1, -0.05) is 5.57 Å². The highest BCUT2D eigenvalue weighted by Gasteiger charge is 1.52. The van der Waals surface area contributed by atoms with Crippen molar-refractivity contribution in [2.24, 2.45) is 0 Å². The van der Waals surface area contributed by atoms with Crippen molar-refractivity contribution in [2.45, 2.75) is 6.92 Å². The van der Waals surface area contributed by atoms with Gasteiger partial charge in [-0.15, -0.1) is 6.58 Å². The molecular formula is C4H9Mg. The molecule has 0 amide bonds. The molecule has 0 heterocycles. The minimum Gasteiger partial charge on any atom is -0.100 e. The van der Waals surface area contributed by atoms with Crippen molar-refractivity contribution in [3.63, 3.8) is 0 Å². The molecule has 0 N–H and O–H groups in total. The van der Waals surface area contributed by atoms with Crippen LogP contribution in [0.3, 0.4) is 0 Å². The van der Waals surface area contributed by atoms with E-state index in [0.717, 1.165) is 5.57 Å². The van der Waals surface area contributed by atoms with Crippen molar-refractivity contribution < 1.29 is 1.43 Å². The SMILES string of the molecule is [CH2]C(=C)C.[HH].[Mg]. The van der Waals surface area contributed by atoms with E-state index in [4.69, 9.17) is 0 Å². The fraction of sp³-hybridized carbons (Fsp3) is 0.250. The zero-order valence-electron chi connectivity index (χ0n) is 3.62. The zero-order valence-corrected chi connectivity index (χ0v) is 5.04. The Bertz CT molecular complexity index is 30.5. The monoisotopic (exact) mass is 81.1 g/mol. The van der Waals surface area contributed by atoms with E-state index in [1.165, 1.54) is 0 Å². The lowest BCUT2D eigenvalue weighted by Crippen LogP contribution is -1.44. The van der Waals surface area contributed by atoms with E-state index < -0.39 is 0 Å². The third-order valence-electron chi connectivity index (χ3n) is 0. The maximum Gasteiger partial charge on any atom is 0 e. The first-order valence-corrected chi connectivity index (χ1v) is 1.21. The molecule has 0 aliphatic rings. The molecule has 0 fully saturated rings. The Kier molecular flexibility index (Phi) is 8.20. The summed E-state index contributed by atoms with van der Waals surface area (Å²) in [4.78, 5) is 0. The Morgan fingerprint density at radius 2 is 1.80 bits per heavy atom. The maximum atomic E-state index is 3.44. The first-order chi connectivity index (χ1) is 1.73. The van der Waals surface area contributed by atoms with E-state index in [2.05, 4.69) is 13.5 Å². The standard InChI is InChI=1S/C4H7.Mg.H2/c1-4(2)3;;/h1-2H2,3H3;;1H. The summed E-state index contributed by atoms with van der Waals surface area (Å²) in [5.74, 6) is 0. The lowest BCUT2D eigenvalue weighted by atomic mass is 10.4. The minimum absolute atomic E-state index is 0. The third-order valence-corrected chi connectivity index (χ3v) is 0. The molecule has 0 rings (SSSR count). The average molecular weight is 81.4 g/mol. The van der Waals surface area contributed by atoms with E-state index in [1.807, 2.05) is 6.92 Å². The second-order valence-corrected chi connectivity index (χ2v) is 0.957. The highest BCUT2D eigenvalue weighted by molar-refractivity contribution is 5.75. The molecule has 0 aromatic heterocycles. The normalized spacial score (nSPS) is 5.20. The molecule has 0 aromatic carbocycles. The van der Waals surface area contributed by atoms with Crippen LogP contribution in [0.1, 0.15) is 8.35 Å². The molecule has 3 radical (unpaired) electrons. The molecule has 0 atom stereocenters. The van der Waals surface area contributed by atoms with E-state index in [0.29, 0.717) is 0 Å². The molecule has 0 aliphatic heterocycles. The summed E-state index contributed by atoms with van der Waals surface area (Å²) in [6, 6.07) is 0. The van der Waals surface area contributed by atoms with Gasteiger partial charge >= 0.3 is 0 Å². The number of rotatable bonds is 0. The molecule has 27 valence electrons. The van der Waals surface area contributed by atoms with Gasteiger partial charge in [0.05, 0.1) is 0 Å². The van der Waals surface area contributed by atoms with Gasteiger partial charge in [0.15, 0.2) is 0 Å². The maximum absolute atomic E-state index is 3.44. The molecule has 0 saturated carbocycles. The fourth-order valence-electron chi connectivity index (χ4n) is 0. The lowest BCUT2D eigenvalue weighted by molar-refractivity contribution is 1.58. The van der Waals surface area contributed by atoms with Crippen LogP contribution in [-0.4, -0.2) is 23.1 Å². The zero-order chi connectivity index (χ0) is 3.58. The van der Waals surface area contributed by atoms with Crippen LogP contribution in [0.5, 0.6) is 0 Å². The molecule has 0 nitrogen and oxygen atoms in total. The Balaban J connectivity index is -0.0000000450. The topological polar surface area (TPSA) is 0 Å². The van der Waals surface area contributed by atoms with Crippen LogP contribution in [0.25, 0.3) is 0 Å². The second-order valence-electron chi connectivity index (χ2n) is 0.957. The number of hydrogen-bond acceptors (Lipinski definition) is 0. The van der Waals surface area contributed by atoms with Crippen molar-refractivity contribution >= 4 is 23.1 Å². The van der Waals surface area contributed by atoms with Crippen LogP contribution in [-0.2, 0) is 0 Å². The summed E-state index contributed by atoms with van der Waals surface area (Å²) < 4.78 is 0. The summed E-state index contributed by atoms with van der Waals surface area (Å²) in [5.41, 5.74) is 0.917. The van der Waals surface area contributed by atoms with Crippen molar-refractivity contribution in [1.82, 2.24) is 0 Å². The van der Waals surface area contributed by atoms with Gasteiger partial charge in [0, 0.05) is 24.5 Å². The minimum atomic E-state index is 0. The lowest BCUT2D eigenvalue weighted by Gasteiger charge is -1.65. The van der Waals surface area contributed by atoms with Crippen molar-refractivity contribution in [2.75, 3.05) is 0 Å². The van der Waals surface area contributed by atoms with Gasteiger partial charge in [0.25, 0.3) is 0 Å². The predicted molar refractivity (Wildman–Crippen MR) is 28.0 cm³/mol. The van der Waals surface area contributed by atoms with E-state index >= 15 is 0 Å². The number of allylic oxidation sites excluding steroid dienone is 1. The summed E-state index contributed by atoms with van der Waals surface area (Å²) in [6.45, 7) is 8.75. The highest BCUT2D eigenvalue weighted by Crippen LogP contribution is 1.72. The van der Waals surface area contributed by atoms with Gasteiger partial charge in [-0.05, 0) is 13.8 Å². The first-order valence-electron chi connectivity index (χ1n) is 1.21. The second kappa shape index (κ2) is 4.51. The molecule has 0 aliphatic carbocycles. The molecule has 0 spiro atoms. The van der Waals surface area contributed by atoms with Crippen molar-refractivity contribution in [3.05, 3.63) is 19.1 Å². The van der Waals surface area contributed by atoms with E-state index in [9.17, 15) is 0 Å². The molecular weight excluding hydrogens is 72.3 g/mol. The summed E-state index contributed by atoms with van der Waals surface area (Å²) >= 11 is 0. The molecule has 0 unspecified atom stereocenters. The van der Waals surface area contributed by atoms with E-state index in [1.54, 1.807) is 0 Å². The van der Waals surface area contributed by atoms with Crippen molar-refractivity contribution in [3.8, 4) is 0 Å². The molecule has 0 aromatic rings. The summed E-state index contributed by atoms with van der Waals surface area (Å²) in [5, 5.41) is 0. The Morgan fingerprint density at radius 3 is 1.80 bits per heavy atom. The van der Waals surface area contributed by atoms with Crippen LogP contribution in [0.4, 0.5) is 0 Å². The predicted octanol–water partition coefficient (Wildman–Crippen LogP) is 1.26. The molecule has 5 heavy (non-hydrogen) atoms. The third kappa shape index (κ3) is 110. The van der Waals surface area contributed by atoms with Gasteiger partial charge in [0.2, 0.25) is 0 Å². The Morgan fingerprint density at radius 1 is 1.80 bits per heavy atom. The summed E-state index contributed by atoms with van der Waals surface area (Å²) in [7, 11) is 0. The number of hydrogen-bond donors (Lipinski definition) is 0. The van der Waals surface area contributed by atoms with Gasteiger partial charge in [-0.2, -0.15) is 0 Å². The van der Waals surface area contributed by atoms with Gasteiger partial charge in [-0.3, -0.25) is 0 Å². The van der Waals surface area contributed by atoms with Crippen molar-refractivity contribution in [1.29, 1.82) is 0 Å². The van der Waals surface area contributed by atoms with Gasteiger partial charge < -0.3 is 0 Å². The van der Waals surface area contributed by atoms with Crippen LogP contribution >= 0.6 is 0 Å². The Labute approximate surface area is 50.9 Å². The quantitative estimate of drug-likeness (QED) is 0.385. The highest BCUT2D eigenvalue weighted by atomic mass is 24.3. The van der Waals surface area contributed by atoms with Gasteiger partial charge in [-0.25, -0.2) is 0 Å². The molecule has 0 bridgehead atoms. The average Bonchev–Trinajstić information content (AvgIpc) is 0.811. The van der Waals surface area contributed by atoms with Crippen LogP contribution in [0.15, 0.2) is 12.2 Å². The van der Waals surface area contributed by atoms with Crippen LogP contribution in [0, 0.1) is 6.92 Å².